The van der Waals surface area contributed by atoms with Gasteiger partial charge in [0, 0.05) is 10.6 Å². The average molecular weight is 480 g/mol. The molecule has 0 radical (unpaired) electrons. The number of thiophene rings is 1. The Bertz CT molecular complexity index is 1390. The summed E-state index contributed by atoms with van der Waals surface area (Å²) >= 11 is 2.91. The Hall–Kier alpha value is -2.84. The van der Waals surface area contributed by atoms with E-state index in [4.69, 9.17) is 9.40 Å². The Labute approximate surface area is 200 Å². The number of aryl methyl sites for hydroxylation is 4. The van der Waals surface area contributed by atoms with E-state index in [1.54, 1.807) is 22.2 Å². The lowest BCUT2D eigenvalue weighted by Gasteiger charge is -2.13. The second-order valence-electron chi connectivity index (χ2n) is 8.39. The summed E-state index contributed by atoms with van der Waals surface area (Å²) in [6, 6.07) is 9.51. The number of amides is 1. The zero-order chi connectivity index (χ0) is 22.9. The predicted octanol–water partition coefficient (Wildman–Crippen LogP) is 5.33. The lowest BCUT2D eigenvalue weighted by atomic mass is 9.97. The number of rotatable bonds is 6. The van der Waals surface area contributed by atoms with Crippen molar-refractivity contribution >= 4 is 44.9 Å². The Balaban J connectivity index is 1.45. The van der Waals surface area contributed by atoms with Crippen LogP contribution in [0.4, 0.5) is 5.69 Å². The van der Waals surface area contributed by atoms with Gasteiger partial charge in [-0.05, 0) is 80.5 Å². The number of thioether (sulfide) groups is 1. The first-order chi connectivity index (χ1) is 16.0. The maximum Gasteiger partial charge on any atom is 0.263 e. The molecule has 0 fully saturated rings. The molecule has 0 bridgehead atoms. The van der Waals surface area contributed by atoms with E-state index in [0.717, 1.165) is 52.7 Å². The number of hydrogen-bond acceptors (Lipinski definition) is 6. The van der Waals surface area contributed by atoms with Crippen molar-refractivity contribution in [2.45, 2.75) is 51.2 Å². The molecule has 6 nitrogen and oxygen atoms in total. The quantitative estimate of drug-likeness (QED) is 0.299. The van der Waals surface area contributed by atoms with Crippen molar-refractivity contribution in [2.75, 3.05) is 11.1 Å². The topological polar surface area (TPSA) is 77.1 Å². The van der Waals surface area contributed by atoms with Gasteiger partial charge in [0.15, 0.2) is 5.16 Å². The van der Waals surface area contributed by atoms with Gasteiger partial charge in [-0.25, -0.2) is 4.98 Å². The van der Waals surface area contributed by atoms with Crippen molar-refractivity contribution in [3.8, 4) is 0 Å². The van der Waals surface area contributed by atoms with Crippen LogP contribution in [0.15, 0.2) is 51.0 Å². The van der Waals surface area contributed by atoms with Crippen LogP contribution in [0.2, 0.25) is 0 Å². The summed E-state index contributed by atoms with van der Waals surface area (Å²) < 4.78 is 7.16. The summed E-state index contributed by atoms with van der Waals surface area (Å²) in [6.07, 6.45) is 5.79. The SMILES string of the molecule is Cc1ccc(NC(=O)CSc2nc3sc4c(c3c(=O)n2Cc2ccco2)CCCC4)cc1C. The van der Waals surface area contributed by atoms with Gasteiger partial charge in [0.2, 0.25) is 5.91 Å². The van der Waals surface area contributed by atoms with Gasteiger partial charge < -0.3 is 9.73 Å². The lowest BCUT2D eigenvalue weighted by molar-refractivity contribution is -0.113. The van der Waals surface area contributed by atoms with Crippen LogP contribution in [0.25, 0.3) is 10.2 Å². The monoisotopic (exact) mass is 479 g/mol. The van der Waals surface area contributed by atoms with E-state index in [1.807, 2.05) is 44.2 Å². The minimum absolute atomic E-state index is 0.0483. The van der Waals surface area contributed by atoms with E-state index < -0.39 is 0 Å². The molecule has 0 atom stereocenters. The third kappa shape index (κ3) is 4.50. The first-order valence-electron chi connectivity index (χ1n) is 11.1. The van der Waals surface area contributed by atoms with Gasteiger partial charge in [0.05, 0.1) is 23.9 Å². The molecule has 3 heterocycles. The standard InChI is InChI=1S/C25H25N3O3S2/c1-15-9-10-17(12-16(15)2)26-21(29)14-32-25-27-23-22(19-7-3-4-8-20(19)33-23)24(30)28(25)13-18-6-5-11-31-18/h5-6,9-12H,3-4,7-8,13-14H2,1-2H3,(H,26,29). The highest BCUT2D eigenvalue weighted by molar-refractivity contribution is 7.99. The fourth-order valence-electron chi connectivity index (χ4n) is 4.17. The second kappa shape index (κ2) is 9.19. The van der Waals surface area contributed by atoms with Crippen LogP contribution in [0, 0.1) is 13.8 Å². The Kier molecular flexibility index (Phi) is 6.12. The van der Waals surface area contributed by atoms with Crippen LogP contribution < -0.4 is 10.9 Å². The number of hydrogen-bond donors (Lipinski definition) is 1. The molecular formula is C25H25N3O3S2. The smallest absolute Gasteiger partial charge is 0.263 e. The predicted molar refractivity (Wildman–Crippen MR) is 134 cm³/mol. The van der Waals surface area contributed by atoms with E-state index in [2.05, 4.69) is 5.32 Å². The van der Waals surface area contributed by atoms with E-state index in [0.29, 0.717) is 17.5 Å². The zero-order valence-electron chi connectivity index (χ0n) is 18.6. The number of fused-ring (bicyclic) bond motifs is 3. The normalized spacial score (nSPS) is 13.3. The van der Waals surface area contributed by atoms with Crippen molar-refractivity contribution in [2.24, 2.45) is 0 Å². The highest BCUT2D eigenvalue weighted by atomic mass is 32.2. The molecule has 1 aliphatic rings. The molecule has 4 aromatic rings. The van der Waals surface area contributed by atoms with Gasteiger partial charge >= 0.3 is 0 Å². The van der Waals surface area contributed by atoms with Gasteiger partial charge in [-0.3, -0.25) is 14.2 Å². The lowest BCUT2D eigenvalue weighted by Crippen LogP contribution is -2.25. The summed E-state index contributed by atoms with van der Waals surface area (Å²) in [5, 5.41) is 4.23. The summed E-state index contributed by atoms with van der Waals surface area (Å²) in [6.45, 7) is 4.35. The largest absolute Gasteiger partial charge is 0.467 e. The number of benzene rings is 1. The molecule has 0 saturated heterocycles. The van der Waals surface area contributed by atoms with Crippen molar-refractivity contribution in [1.29, 1.82) is 0 Å². The van der Waals surface area contributed by atoms with Crippen LogP contribution in [-0.2, 0) is 24.2 Å². The highest BCUT2D eigenvalue weighted by Gasteiger charge is 2.23. The Morgan fingerprint density at radius 3 is 2.85 bits per heavy atom. The number of aromatic nitrogens is 2. The first kappa shape index (κ1) is 22.0. The Morgan fingerprint density at radius 2 is 2.06 bits per heavy atom. The third-order valence-electron chi connectivity index (χ3n) is 6.06. The van der Waals surface area contributed by atoms with Crippen LogP contribution in [-0.4, -0.2) is 21.2 Å². The molecule has 1 amide bonds. The number of carbonyl (C=O) groups is 1. The number of furan rings is 1. The van der Waals surface area contributed by atoms with Crippen molar-refractivity contribution < 1.29 is 9.21 Å². The van der Waals surface area contributed by atoms with E-state index >= 15 is 0 Å². The maximum absolute atomic E-state index is 13.6. The molecule has 170 valence electrons. The molecule has 0 saturated carbocycles. The van der Waals surface area contributed by atoms with Gasteiger partial charge in [-0.15, -0.1) is 11.3 Å². The van der Waals surface area contributed by atoms with Gasteiger partial charge in [-0.2, -0.15) is 0 Å². The summed E-state index contributed by atoms with van der Waals surface area (Å²) in [5.74, 6) is 0.713. The van der Waals surface area contributed by atoms with Crippen LogP contribution >= 0.6 is 23.1 Å². The average Bonchev–Trinajstić information content (AvgIpc) is 3.44. The molecule has 1 aromatic carbocycles. The van der Waals surface area contributed by atoms with Crippen molar-refractivity contribution in [3.05, 3.63) is 74.3 Å². The fraction of sp³-hybridized carbons (Fsp3) is 0.320. The number of carbonyl (C=O) groups excluding carboxylic acids is 1. The molecule has 8 heteroatoms. The highest BCUT2D eigenvalue weighted by Crippen LogP contribution is 2.35. The summed E-state index contributed by atoms with van der Waals surface area (Å²) in [4.78, 5) is 33.1. The molecule has 0 aliphatic heterocycles. The number of nitrogens with zero attached hydrogens (tertiary/aromatic N) is 2. The van der Waals surface area contributed by atoms with Crippen molar-refractivity contribution in [1.82, 2.24) is 9.55 Å². The molecule has 3 aromatic heterocycles. The number of anilines is 1. The molecular weight excluding hydrogens is 454 g/mol. The van der Waals surface area contributed by atoms with Gasteiger partial charge in [0.1, 0.15) is 10.6 Å². The summed E-state index contributed by atoms with van der Waals surface area (Å²) in [5.41, 5.74) is 4.19. The van der Waals surface area contributed by atoms with E-state index in [9.17, 15) is 9.59 Å². The van der Waals surface area contributed by atoms with E-state index in [1.165, 1.54) is 22.2 Å². The molecule has 5 rings (SSSR count). The van der Waals surface area contributed by atoms with Gasteiger partial charge in [0.25, 0.3) is 5.56 Å². The minimum Gasteiger partial charge on any atom is -0.467 e. The van der Waals surface area contributed by atoms with E-state index in [-0.39, 0.29) is 17.2 Å². The Morgan fingerprint density at radius 1 is 1.21 bits per heavy atom. The van der Waals surface area contributed by atoms with Crippen LogP contribution in [0.1, 0.15) is 40.2 Å². The van der Waals surface area contributed by atoms with Crippen molar-refractivity contribution in [3.63, 3.8) is 0 Å². The summed E-state index contributed by atoms with van der Waals surface area (Å²) in [7, 11) is 0. The molecule has 33 heavy (non-hydrogen) atoms. The zero-order valence-corrected chi connectivity index (χ0v) is 20.3. The molecule has 1 aliphatic carbocycles. The van der Waals surface area contributed by atoms with Crippen LogP contribution in [0.5, 0.6) is 0 Å². The van der Waals surface area contributed by atoms with Crippen LogP contribution in [0.3, 0.4) is 0 Å². The maximum atomic E-state index is 13.6. The fourth-order valence-corrected chi connectivity index (χ4v) is 6.28. The second-order valence-corrected chi connectivity index (χ2v) is 10.4. The first-order valence-corrected chi connectivity index (χ1v) is 12.9. The molecule has 0 unspecified atom stereocenters. The minimum atomic E-state index is -0.132. The molecule has 0 spiro atoms. The van der Waals surface area contributed by atoms with Gasteiger partial charge in [-0.1, -0.05) is 17.8 Å². The number of nitrogens with one attached hydrogen (secondary N) is 1. The third-order valence-corrected chi connectivity index (χ3v) is 8.22. The molecule has 1 N–H and O–H groups in total.